The fourth-order valence-corrected chi connectivity index (χ4v) is 2.33. The summed E-state index contributed by atoms with van der Waals surface area (Å²) in [6.45, 7) is 0. The van der Waals surface area contributed by atoms with Gasteiger partial charge in [0.1, 0.15) is 0 Å². The number of sulfonamides is 1. The molecular weight excluding hydrogens is 295 g/mol. The van der Waals surface area contributed by atoms with Crippen LogP contribution in [0.3, 0.4) is 0 Å². The number of alkyl halides is 3. The van der Waals surface area contributed by atoms with Crippen molar-refractivity contribution in [3.05, 3.63) is 42.5 Å². The van der Waals surface area contributed by atoms with E-state index in [1.165, 1.54) is 24.3 Å². The smallest absolute Gasteiger partial charge is 0.232 e. The maximum absolute atomic E-state index is 12.3. The van der Waals surface area contributed by atoms with Crippen molar-refractivity contribution < 1.29 is 21.6 Å². The molecule has 0 bridgehead atoms. The van der Waals surface area contributed by atoms with E-state index in [1.54, 1.807) is 0 Å². The minimum Gasteiger partial charge on any atom is -0.232 e. The number of primary sulfonamides is 1. The highest BCUT2D eigenvalue weighted by Gasteiger charge is 2.34. The molecule has 0 fully saturated rings. The van der Waals surface area contributed by atoms with Gasteiger partial charge in [-0.3, -0.25) is 0 Å². The van der Waals surface area contributed by atoms with Crippen molar-refractivity contribution in [1.29, 1.82) is 0 Å². The molecule has 2 rings (SSSR count). The molecule has 1 heterocycles. The Hall–Kier alpha value is -2.00. The van der Waals surface area contributed by atoms with E-state index in [9.17, 15) is 21.6 Å². The lowest BCUT2D eigenvalue weighted by Crippen LogP contribution is -2.14. The van der Waals surface area contributed by atoms with Crippen LogP contribution in [0.5, 0.6) is 0 Å². The van der Waals surface area contributed by atoms with Gasteiger partial charge in [0.05, 0.1) is 4.90 Å². The van der Waals surface area contributed by atoms with Crippen LogP contribution in [0.15, 0.2) is 41.6 Å². The van der Waals surface area contributed by atoms with Crippen molar-refractivity contribution in [2.24, 2.45) is 5.14 Å². The molecule has 2 aromatic rings. The largest absolute Gasteiger partial charge is 0.451 e. The van der Waals surface area contributed by atoms with Gasteiger partial charge in [-0.05, 0) is 6.07 Å². The summed E-state index contributed by atoms with van der Waals surface area (Å²) in [5.74, 6) is -1.30. The lowest BCUT2D eigenvalue weighted by molar-refractivity contribution is -0.144. The Kier molecular flexibility index (Phi) is 3.48. The van der Waals surface area contributed by atoms with Crippen molar-refractivity contribution in [2.45, 2.75) is 11.1 Å². The molecule has 9 heteroatoms. The second-order valence-corrected chi connectivity index (χ2v) is 5.36. The zero-order valence-corrected chi connectivity index (χ0v) is 10.6. The van der Waals surface area contributed by atoms with E-state index in [0.29, 0.717) is 0 Å². The van der Waals surface area contributed by atoms with E-state index in [4.69, 9.17) is 5.14 Å². The third kappa shape index (κ3) is 2.94. The Labute approximate surface area is 112 Å². The summed E-state index contributed by atoms with van der Waals surface area (Å²) in [6.07, 6.45) is -2.85. The van der Waals surface area contributed by atoms with Gasteiger partial charge >= 0.3 is 6.18 Å². The van der Waals surface area contributed by atoms with Crippen LogP contribution in [-0.2, 0) is 16.2 Å². The van der Waals surface area contributed by atoms with E-state index < -0.39 is 22.0 Å². The molecule has 1 aromatic carbocycles. The molecule has 0 unspecified atom stereocenters. The molecule has 0 spiro atoms. The topological polar surface area (TPSA) is 85.9 Å². The normalized spacial score (nSPS) is 12.4. The molecule has 0 radical (unpaired) electrons. The van der Waals surface area contributed by atoms with Crippen LogP contribution >= 0.6 is 0 Å². The number of nitrogens with two attached hydrogens (primary N) is 1. The SMILES string of the molecule is NS(=O)(=O)c1ccccc1-c1cnc(C(F)(F)F)nc1. The predicted molar refractivity (Wildman–Crippen MR) is 63.8 cm³/mol. The van der Waals surface area contributed by atoms with Crippen LogP contribution < -0.4 is 5.14 Å². The van der Waals surface area contributed by atoms with Crippen molar-refractivity contribution in [3.8, 4) is 11.1 Å². The first-order chi connectivity index (χ1) is 9.19. The van der Waals surface area contributed by atoms with Crippen LogP contribution in [0.1, 0.15) is 5.82 Å². The Morgan fingerprint density at radius 3 is 2.10 bits per heavy atom. The van der Waals surface area contributed by atoms with E-state index >= 15 is 0 Å². The van der Waals surface area contributed by atoms with Crippen molar-refractivity contribution >= 4 is 10.0 Å². The Morgan fingerprint density at radius 2 is 1.60 bits per heavy atom. The van der Waals surface area contributed by atoms with Gasteiger partial charge in [-0.1, -0.05) is 18.2 Å². The molecule has 2 N–H and O–H groups in total. The molecule has 0 amide bonds. The molecular formula is C11H8F3N3O2S. The van der Waals surface area contributed by atoms with Crippen molar-refractivity contribution in [1.82, 2.24) is 9.97 Å². The second-order valence-electron chi connectivity index (χ2n) is 3.83. The van der Waals surface area contributed by atoms with Crippen LogP contribution in [0.2, 0.25) is 0 Å². The summed E-state index contributed by atoms with van der Waals surface area (Å²) in [7, 11) is -4.00. The zero-order valence-electron chi connectivity index (χ0n) is 9.79. The average Bonchev–Trinajstić information content (AvgIpc) is 2.37. The number of halogens is 3. The van der Waals surface area contributed by atoms with Crippen molar-refractivity contribution in [3.63, 3.8) is 0 Å². The average molecular weight is 303 g/mol. The molecule has 106 valence electrons. The highest BCUT2D eigenvalue weighted by atomic mass is 32.2. The molecule has 20 heavy (non-hydrogen) atoms. The van der Waals surface area contributed by atoms with Crippen LogP contribution in [-0.4, -0.2) is 18.4 Å². The minimum absolute atomic E-state index is 0.127. The monoisotopic (exact) mass is 303 g/mol. The van der Waals surface area contributed by atoms with E-state index in [1.807, 2.05) is 0 Å². The van der Waals surface area contributed by atoms with Gasteiger partial charge in [0.15, 0.2) is 0 Å². The van der Waals surface area contributed by atoms with E-state index in [0.717, 1.165) is 12.4 Å². The first-order valence-corrected chi connectivity index (χ1v) is 6.75. The van der Waals surface area contributed by atoms with Crippen LogP contribution in [0, 0.1) is 0 Å². The van der Waals surface area contributed by atoms with Gasteiger partial charge in [0.25, 0.3) is 0 Å². The second kappa shape index (κ2) is 4.84. The Balaban J connectivity index is 2.54. The Bertz CT molecular complexity index is 727. The van der Waals surface area contributed by atoms with Gasteiger partial charge in [-0.25, -0.2) is 23.5 Å². The van der Waals surface area contributed by atoms with Gasteiger partial charge in [-0.15, -0.1) is 0 Å². The minimum atomic E-state index is -4.65. The third-order valence-electron chi connectivity index (χ3n) is 2.41. The van der Waals surface area contributed by atoms with Gasteiger partial charge in [-0.2, -0.15) is 13.2 Å². The number of aromatic nitrogens is 2. The fourth-order valence-electron chi connectivity index (χ4n) is 1.57. The molecule has 1 aromatic heterocycles. The molecule has 0 aliphatic heterocycles. The highest BCUT2D eigenvalue weighted by molar-refractivity contribution is 7.89. The molecule has 0 aliphatic rings. The van der Waals surface area contributed by atoms with Gasteiger partial charge in [0, 0.05) is 23.5 Å². The molecule has 0 atom stereocenters. The quantitative estimate of drug-likeness (QED) is 0.916. The first-order valence-electron chi connectivity index (χ1n) is 5.21. The number of rotatable bonds is 2. The molecule has 5 nitrogen and oxygen atoms in total. The summed E-state index contributed by atoms with van der Waals surface area (Å²) in [5, 5.41) is 5.05. The molecule has 0 saturated heterocycles. The highest BCUT2D eigenvalue weighted by Crippen LogP contribution is 2.29. The predicted octanol–water partition coefficient (Wildman–Crippen LogP) is 1.81. The fraction of sp³-hybridized carbons (Fsp3) is 0.0909. The number of hydrogen-bond acceptors (Lipinski definition) is 4. The molecule has 0 saturated carbocycles. The number of nitrogens with zero attached hydrogens (tertiary/aromatic N) is 2. The van der Waals surface area contributed by atoms with Crippen LogP contribution in [0.4, 0.5) is 13.2 Å². The standard InChI is InChI=1S/C11H8F3N3O2S/c12-11(13,14)10-16-5-7(6-17-10)8-3-1-2-4-9(8)20(15,18)19/h1-6H,(H2,15,18,19). The summed E-state index contributed by atoms with van der Waals surface area (Å²) >= 11 is 0. The van der Waals surface area contributed by atoms with E-state index in [2.05, 4.69) is 9.97 Å². The lowest BCUT2D eigenvalue weighted by Gasteiger charge is -2.08. The zero-order chi connectivity index (χ0) is 15.0. The maximum atomic E-state index is 12.3. The number of hydrogen-bond donors (Lipinski definition) is 1. The van der Waals surface area contributed by atoms with Gasteiger partial charge < -0.3 is 0 Å². The summed E-state index contributed by atoms with van der Waals surface area (Å²) in [4.78, 5) is 6.15. The lowest BCUT2D eigenvalue weighted by atomic mass is 10.1. The van der Waals surface area contributed by atoms with E-state index in [-0.39, 0.29) is 16.0 Å². The third-order valence-corrected chi connectivity index (χ3v) is 3.38. The maximum Gasteiger partial charge on any atom is 0.451 e. The molecule has 0 aliphatic carbocycles. The Morgan fingerprint density at radius 1 is 1.05 bits per heavy atom. The summed E-state index contributed by atoms with van der Waals surface area (Å²) in [6, 6.07) is 5.64. The summed E-state index contributed by atoms with van der Waals surface area (Å²) in [5.41, 5.74) is 0.270. The summed E-state index contributed by atoms with van der Waals surface area (Å²) < 4.78 is 59.9. The first kappa shape index (κ1) is 14.4. The van der Waals surface area contributed by atoms with Gasteiger partial charge in [0.2, 0.25) is 15.8 Å². The van der Waals surface area contributed by atoms with Crippen molar-refractivity contribution in [2.75, 3.05) is 0 Å². The number of benzene rings is 1. The van der Waals surface area contributed by atoms with Crippen LogP contribution in [0.25, 0.3) is 11.1 Å².